The zero-order chi connectivity index (χ0) is 19.5. The maximum Gasteiger partial charge on any atom is 0.240 e. The van der Waals surface area contributed by atoms with Gasteiger partial charge in [-0.2, -0.15) is 0 Å². The molecule has 28 heavy (non-hydrogen) atoms. The first kappa shape index (κ1) is 25.1. The first-order chi connectivity index (χ1) is 13.0. The summed E-state index contributed by atoms with van der Waals surface area (Å²) < 4.78 is 32.4. The van der Waals surface area contributed by atoms with E-state index < -0.39 is 10.0 Å². The summed E-state index contributed by atoms with van der Waals surface area (Å²) in [5, 5.41) is 6.46. The lowest BCUT2D eigenvalue weighted by Crippen LogP contribution is -2.44. The topological polar surface area (TPSA) is 95.1 Å². The number of guanidine groups is 1. The summed E-state index contributed by atoms with van der Waals surface area (Å²) >= 11 is 0. The molecule has 1 aliphatic heterocycles. The number of aliphatic imine (C=N–C) groups is 1. The van der Waals surface area contributed by atoms with Gasteiger partial charge in [0.1, 0.15) is 0 Å². The Morgan fingerprint density at radius 2 is 1.82 bits per heavy atom. The number of rotatable bonds is 9. The molecule has 3 N–H and O–H groups in total. The maximum atomic E-state index is 12.3. The molecule has 1 aliphatic rings. The number of sulfonamides is 1. The molecule has 1 saturated heterocycles. The molecule has 8 nitrogen and oxygen atoms in total. The SMILES string of the molecule is CCNC(=NCCNS(=O)(=O)c1ccc(C)cc1)NCCN1CCOCC1.I. The van der Waals surface area contributed by atoms with Gasteiger partial charge in [0.05, 0.1) is 24.7 Å². The summed E-state index contributed by atoms with van der Waals surface area (Å²) in [6.07, 6.45) is 0. The predicted molar refractivity (Wildman–Crippen MR) is 123 cm³/mol. The highest BCUT2D eigenvalue weighted by atomic mass is 127. The van der Waals surface area contributed by atoms with E-state index in [0.717, 1.165) is 51.5 Å². The first-order valence-electron chi connectivity index (χ1n) is 9.40. The Morgan fingerprint density at radius 1 is 1.14 bits per heavy atom. The number of halogens is 1. The zero-order valence-corrected chi connectivity index (χ0v) is 19.8. The Morgan fingerprint density at radius 3 is 2.46 bits per heavy atom. The fraction of sp³-hybridized carbons (Fsp3) is 0.611. The van der Waals surface area contributed by atoms with Gasteiger partial charge in [0.25, 0.3) is 0 Å². The fourth-order valence-electron chi connectivity index (χ4n) is 2.65. The summed E-state index contributed by atoms with van der Waals surface area (Å²) in [7, 11) is -3.50. The van der Waals surface area contributed by atoms with Crippen LogP contribution in [-0.4, -0.2) is 78.3 Å². The average molecular weight is 525 g/mol. The van der Waals surface area contributed by atoms with E-state index in [1.54, 1.807) is 24.3 Å². The second-order valence-electron chi connectivity index (χ2n) is 6.35. The van der Waals surface area contributed by atoms with Crippen molar-refractivity contribution < 1.29 is 13.2 Å². The third kappa shape index (κ3) is 9.03. The van der Waals surface area contributed by atoms with Gasteiger partial charge < -0.3 is 15.4 Å². The second kappa shape index (κ2) is 13.3. The van der Waals surface area contributed by atoms with Crippen molar-refractivity contribution in [1.82, 2.24) is 20.3 Å². The number of benzene rings is 1. The third-order valence-corrected chi connectivity index (χ3v) is 5.65. The van der Waals surface area contributed by atoms with Crippen LogP contribution >= 0.6 is 24.0 Å². The van der Waals surface area contributed by atoms with Gasteiger partial charge >= 0.3 is 0 Å². The van der Waals surface area contributed by atoms with Crippen LogP contribution in [0.5, 0.6) is 0 Å². The average Bonchev–Trinajstić information content (AvgIpc) is 2.66. The molecule has 0 amide bonds. The lowest BCUT2D eigenvalue weighted by atomic mass is 10.2. The quantitative estimate of drug-likeness (QED) is 0.191. The molecule has 1 fully saturated rings. The Balaban J connectivity index is 0.00000392. The van der Waals surface area contributed by atoms with E-state index in [0.29, 0.717) is 12.5 Å². The predicted octanol–water partition coefficient (Wildman–Crippen LogP) is 0.779. The van der Waals surface area contributed by atoms with E-state index in [1.165, 1.54) is 0 Å². The highest BCUT2D eigenvalue weighted by Gasteiger charge is 2.12. The van der Waals surface area contributed by atoms with Crippen LogP contribution in [-0.2, 0) is 14.8 Å². The molecule has 0 aliphatic carbocycles. The van der Waals surface area contributed by atoms with Crippen LogP contribution in [0.3, 0.4) is 0 Å². The summed E-state index contributed by atoms with van der Waals surface area (Å²) in [6, 6.07) is 6.79. The number of hydrogen-bond donors (Lipinski definition) is 3. The summed E-state index contributed by atoms with van der Waals surface area (Å²) in [5.41, 5.74) is 1.02. The number of ether oxygens (including phenoxy) is 1. The van der Waals surface area contributed by atoms with Crippen molar-refractivity contribution in [3.05, 3.63) is 29.8 Å². The van der Waals surface area contributed by atoms with Crippen molar-refractivity contribution in [2.75, 3.05) is 59.0 Å². The van der Waals surface area contributed by atoms with Crippen LogP contribution < -0.4 is 15.4 Å². The minimum absolute atomic E-state index is 0. The van der Waals surface area contributed by atoms with Crippen LogP contribution in [0.1, 0.15) is 12.5 Å². The molecule has 0 aromatic heterocycles. The lowest BCUT2D eigenvalue weighted by Gasteiger charge is -2.26. The fourth-order valence-corrected chi connectivity index (χ4v) is 3.67. The van der Waals surface area contributed by atoms with Gasteiger partial charge in [-0.05, 0) is 26.0 Å². The number of nitrogens with one attached hydrogen (secondary N) is 3. The van der Waals surface area contributed by atoms with Crippen molar-refractivity contribution in [3.8, 4) is 0 Å². The molecule has 1 aromatic carbocycles. The van der Waals surface area contributed by atoms with E-state index >= 15 is 0 Å². The van der Waals surface area contributed by atoms with E-state index in [-0.39, 0.29) is 35.4 Å². The monoisotopic (exact) mass is 525 g/mol. The van der Waals surface area contributed by atoms with Gasteiger partial charge in [0, 0.05) is 39.3 Å². The molecular formula is C18H32IN5O3S. The highest BCUT2D eigenvalue weighted by molar-refractivity contribution is 14.0. The molecule has 1 heterocycles. The van der Waals surface area contributed by atoms with Crippen LogP contribution in [0, 0.1) is 6.92 Å². The molecule has 0 bridgehead atoms. The van der Waals surface area contributed by atoms with Gasteiger partial charge in [-0.3, -0.25) is 9.89 Å². The Hall–Kier alpha value is -0.950. The first-order valence-corrected chi connectivity index (χ1v) is 10.9. The molecule has 0 spiro atoms. The van der Waals surface area contributed by atoms with Gasteiger partial charge in [0.2, 0.25) is 10.0 Å². The highest BCUT2D eigenvalue weighted by Crippen LogP contribution is 2.09. The molecule has 0 saturated carbocycles. The largest absolute Gasteiger partial charge is 0.379 e. The van der Waals surface area contributed by atoms with Gasteiger partial charge in [-0.25, -0.2) is 13.1 Å². The van der Waals surface area contributed by atoms with Crippen LogP contribution in [0.25, 0.3) is 0 Å². The second-order valence-corrected chi connectivity index (χ2v) is 8.12. The van der Waals surface area contributed by atoms with Crippen molar-refractivity contribution in [2.24, 2.45) is 4.99 Å². The minimum atomic E-state index is -3.50. The molecular weight excluding hydrogens is 493 g/mol. The third-order valence-electron chi connectivity index (χ3n) is 4.17. The van der Waals surface area contributed by atoms with E-state index in [2.05, 4.69) is 25.2 Å². The van der Waals surface area contributed by atoms with E-state index in [9.17, 15) is 8.42 Å². The van der Waals surface area contributed by atoms with Crippen molar-refractivity contribution >= 4 is 40.0 Å². The Kier molecular flexibility index (Phi) is 11.9. The number of nitrogens with zero attached hydrogens (tertiary/aromatic N) is 2. The van der Waals surface area contributed by atoms with Crippen molar-refractivity contribution in [2.45, 2.75) is 18.7 Å². The Labute approximate surface area is 185 Å². The lowest BCUT2D eigenvalue weighted by molar-refractivity contribution is 0.0389. The normalized spacial score (nSPS) is 15.7. The van der Waals surface area contributed by atoms with Crippen molar-refractivity contribution in [1.29, 1.82) is 0 Å². The van der Waals surface area contributed by atoms with Crippen LogP contribution in [0.15, 0.2) is 34.2 Å². The van der Waals surface area contributed by atoms with E-state index in [1.807, 2.05) is 13.8 Å². The Bertz CT molecular complexity index is 692. The van der Waals surface area contributed by atoms with Crippen molar-refractivity contribution in [3.63, 3.8) is 0 Å². The molecule has 0 radical (unpaired) electrons. The number of morpholine rings is 1. The van der Waals surface area contributed by atoms with Gasteiger partial charge in [-0.15, -0.1) is 24.0 Å². The van der Waals surface area contributed by atoms with Crippen LogP contribution in [0.4, 0.5) is 0 Å². The van der Waals surface area contributed by atoms with Crippen LogP contribution in [0.2, 0.25) is 0 Å². The molecule has 0 unspecified atom stereocenters. The van der Waals surface area contributed by atoms with Gasteiger partial charge in [-0.1, -0.05) is 17.7 Å². The number of aryl methyl sites for hydroxylation is 1. The summed E-state index contributed by atoms with van der Waals surface area (Å²) in [5.74, 6) is 0.695. The maximum absolute atomic E-state index is 12.3. The zero-order valence-electron chi connectivity index (χ0n) is 16.6. The minimum Gasteiger partial charge on any atom is -0.379 e. The summed E-state index contributed by atoms with van der Waals surface area (Å²) in [6.45, 7) is 10.5. The molecule has 0 atom stereocenters. The molecule has 2 rings (SSSR count). The smallest absolute Gasteiger partial charge is 0.240 e. The standard InChI is InChI=1S/C18H31N5O3S.HI/c1-3-19-18(21-10-11-23-12-14-26-15-13-23)20-8-9-22-27(24,25)17-6-4-16(2)5-7-17;/h4-7,22H,3,8-15H2,1-2H3,(H2,19,20,21);1H. The molecule has 160 valence electrons. The molecule has 1 aromatic rings. The molecule has 10 heteroatoms. The van der Waals surface area contributed by atoms with Gasteiger partial charge in [0.15, 0.2) is 5.96 Å². The number of hydrogen-bond acceptors (Lipinski definition) is 5. The summed E-state index contributed by atoms with van der Waals surface area (Å²) in [4.78, 5) is 7.05. The van der Waals surface area contributed by atoms with E-state index in [4.69, 9.17) is 4.74 Å².